The maximum atomic E-state index is 5.05. The molecule has 3 aliphatic rings. The molecule has 5 heteroatoms. The highest BCUT2D eigenvalue weighted by Crippen LogP contribution is 2.31. The van der Waals surface area contributed by atoms with Gasteiger partial charge < -0.3 is 15.1 Å². The molecule has 0 spiro atoms. The third kappa shape index (κ3) is 6.09. The van der Waals surface area contributed by atoms with Crippen LogP contribution >= 0.6 is 24.0 Å². The quantitative estimate of drug-likeness (QED) is 0.367. The summed E-state index contributed by atoms with van der Waals surface area (Å²) in [6.45, 7) is 8.99. The van der Waals surface area contributed by atoms with E-state index in [0.29, 0.717) is 0 Å². The average molecular weight is 496 g/mol. The number of nitrogens with one attached hydrogen (secondary N) is 1. The van der Waals surface area contributed by atoms with Crippen molar-refractivity contribution in [3.05, 3.63) is 35.9 Å². The van der Waals surface area contributed by atoms with E-state index in [9.17, 15) is 0 Å². The minimum Gasteiger partial charge on any atom is -0.357 e. The van der Waals surface area contributed by atoms with Crippen LogP contribution in [0.4, 0.5) is 0 Å². The number of hydrogen-bond donors (Lipinski definition) is 1. The van der Waals surface area contributed by atoms with Crippen LogP contribution in [0.2, 0.25) is 0 Å². The Morgan fingerprint density at radius 1 is 1.00 bits per heavy atom. The van der Waals surface area contributed by atoms with E-state index in [2.05, 4.69) is 52.4 Å². The van der Waals surface area contributed by atoms with Crippen LogP contribution in [0.25, 0.3) is 0 Å². The molecular weight excluding hydrogens is 459 g/mol. The summed E-state index contributed by atoms with van der Waals surface area (Å²) < 4.78 is 0. The summed E-state index contributed by atoms with van der Waals surface area (Å²) in [4.78, 5) is 10.2. The molecule has 156 valence electrons. The van der Waals surface area contributed by atoms with Crippen molar-refractivity contribution in [2.24, 2.45) is 16.8 Å². The van der Waals surface area contributed by atoms with Gasteiger partial charge in [-0.15, -0.1) is 24.0 Å². The molecule has 0 amide bonds. The zero-order valence-corrected chi connectivity index (χ0v) is 19.7. The van der Waals surface area contributed by atoms with Gasteiger partial charge in [-0.2, -0.15) is 0 Å². The Labute approximate surface area is 188 Å². The lowest BCUT2D eigenvalue weighted by molar-refractivity contribution is 0.258. The molecule has 0 bridgehead atoms. The zero-order chi connectivity index (χ0) is 18.5. The van der Waals surface area contributed by atoms with Crippen molar-refractivity contribution in [1.29, 1.82) is 0 Å². The third-order valence-corrected chi connectivity index (χ3v) is 6.50. The van der Waals surface area contributed by atoms with Crippen molar-refractivity contribution in [1.82, 2.24) is 15.1 Å². The fraction of sp³-hybridized carbons (Fsp3) is 0.696. The largest absolute Gasteiger partial charge is 0.357 e. The lowest BCUT2D eigenvalue weighted by atomic mass is 9.90. The highest BCUT2D eigenvalue weighted by Gasteiger charge is 2.34. The van der Waals surface area contributed by atoms with Crippen molar-refractivity contribution in [2.75, 3.05) is 39.3 Å². The Bertz CT molecular complexity index is 608. The molecule has 0 radical (unpaired) electrons. The van der Waals surface area contributed by atoms with Crippen LogP contribution in [-0.4, -0.2) is 61.1 Å². The number of aliphatic imine (C=N–C) groups is 1. The second-order valence-electron chi connectivity index (χ2n) is 8.70. The molecule has 1 N–H and O–H groups in total. The van der Waals surface area contributed by atoms with E-state index in [1.807, 2.05) is 0 Å². The highest BCUT2D eigenvalue weighted by molar-refractivity contribution is 14.0. The van der Waals surface area contributed by atoms with Gasteiger partial charge in [-0.1, -0.05) is 30.3 Å². The minimum absolute atomic E-state index is 0. The Kier molecular flexibility index (Phi) is 8.45. The Hall–Kier alpha value is -0.820. The van der Waals surface area contributed by atoms with Crippen molar-refractivity contribution >= 4 is 29.9 Å². The van der Waals surface area contributed by atoms with E-state index in [4.69, 9.17) is 4.99 Å². The van der Waals surface area contributed by atoms with Gasteiger partial charge in [-0.05, 0) is 69.4 Å². The number of hydrogen-bond acceptors (Lipinski definition) is 2. The maximum Gasteiger partial charge on any atom is 0.193 e. The lowest BCUT2D eigenvalue weighted by Crippen LogP contribution is -2.46. The van der Waals surface area contributed by atoms with E-state index < -0.39 is 0 Å². The molecule has 2 heterocycles. The van der Waals surface area contributed by atoms with Crippen LogP contribution in [0.15, 0.2) is 35.3 Å². The monoisotopic (exact) mass is 496 g/mol. The van der Waals surface area contributed by atoms with Gasteiger partial charge in [0.1, 0.15) is 0 Å². The Morgan fingerprint density at radius 2 is 1.71 bits per heavy atom. The number of likely N-dealkylation sites (tertiary alicyclic amines) is 2. The summed E-state index contributed by atoms with van der Waals surface area (Å²) in [6, 6.07) is 11.9. The SMILES string of the molecule is CCNC(=NCC1CCN(C2CC2)C1)N1CCC(Cc2ccccc2)CC1.I. The van der Waals surface area contributed by atoms with Crippen LogP contribution in [0.3, 0.4) is 0 Å². The number of rotatable bonds is 6. The van der Waals surface area contributed by atoms with E-state index >= 15 is 0 Å². The molecule has 1 aliphatic carbocycles. The fourth-order valence-electron chi connectivity index (χ4n) is 4.72. The van der Waals surface area contributed by atoms with Crippen LogP contribution < -0.4 is 5.32 Å². The van der Waals surface area contributed by atoms with Crippen molar-refractivity contribution in [3.8, 4) is 0 Å². The molecular formula is C23H37IN4. The van der Waals surface area contributed by atoms with Crippen LogP contribution in [0.1, 0.15) is 44.6 Å². The number of piperidine rings is 1. The van der Waals surface area contributed by atoms with Gasteiger partial charge in [0.25, 0.3) is 0 Å². The first kappa shape index (κ1) is 21.9. The van der Waals surface area contributed by atoms with Gasteiger partial charge >= 0.3 is 0 Å². The predicted octanol–water partition coefficient (Wildman–Crippen LogP) is 4.01. The van der Waals surface area contributed by atoms with Crippen molar-refractivity contribution < 1.29 is 0 Å². The summed E-state index contributed by atoms with van der Waals surface area (Å²) in [5.41, 5.74) is 1.48. The van der Waals surface area contributed by atoms with Gasteiger partial charge in [0, 0.05) is 38.8 Å². The van der Waals surface area contributed by atoms with Crippen LogP contribution in [-0.2, 0) is 6.42 Å². The fourth-order valence-corrected chi connectivity index (χ4v) is 4.72. The third-order valence-electron chi connectivity index (χ3n) is 6.50. The molecule has 1 aromatic carbocycles. The second kappa shape index (κ2) is 10.8. The molecule has 2 saturated heterocycles. The molecule has 1 saturated carbocycles. The minimum atomic E-state index is 0. The highest BCUT2D eigenvalue weighted by atomic mass is 127. The van der Waals surface area contributed by atoms with Crippen molar-refractivity contribution in [2.45, 2.75) is 51.5 Å². The van der Waals surface area contributed by atoms with E-state index in [1.165, 1.54) is 57.2 Å². The van der Waals surface area contributed by atoms with Crippen LogP contribution in [0.5, 0.6) is 0 Å². The molecule has 2 aliphatic heterocycles. The number of nitrogens with zero attached hydrogens (tertiary/aromatic N) is 3. The summed E-state index contributed by atoms with van der Waals surface area (Å²) in [5.74, 6) is 2.73. The summed E-state index contributed by atoms with van der Waals surface area (Å²) in [6.07, 6.45) is 7.96. The standard InChI is InChI=1S/C23H36N4.HI/c1-2-24-23(25-17-21-12-15-27(18-21)22-8-9-22)26-13-10-20(11-14-26)16-19-6-4-3-5-7-19;/h3-7,20-22H,2,8-18H2,1H3,(H,24,25);1H. The number of guanidine groups is 1. The summed E-state index contributed by atoms with van der Waals surface area (Å²) in [7, 11) is 0. The van der Waals surface area contributed by atoms with E-state index in [0.717, 1.165) is 50.0 Å². The lowest BCUT2D eigenvalue weighted by Gasteiger charge is -2.34. The van der Waals surface area contributed by atoms with Crippen molar-refractivity contribution in [3.63, 3.8) is 0 Å². The molecule has 1 aromatic rings. The molecule has 0 aromatic heterocycles. The first-order valence-electron chi connectivity index (χ1n) is 11.1. The molecule has 1 unspecified atom stereocenters. The van der Waals surface area contributed by atoms with E-state index in [-0.39, 0.29) is 24.0 Å². The smallest absolute Gasteiger partial charge is 0.193 e. The normalized spacial score (nSPS) is 24.2. The first-order chi connectivity index (χ1) is 13.3. The van der Waals surface area contributed by atoms with Gasteiger partial charge in [-0.25, -0.2) is 0 Å². The van der Waals surface area contributed by atoms with Gasteiger partial charge in [-0.3, -0.25) is 4.99 Å². The molecule has 1 atom stereocenters. The summed E-state index contributed by atoms with van der Waals surface area (Å²) in [5, 5.41) is 3.55. The Morgan fingerprint density at radius 3 is 2.39 bits per heavy atom. The van der Waals surface area contributed by atoms with Gasteiger partial charge in [0.2, 0.25) is 0 Å². The first-order valence-corrected chi connectivity index (χ1v) is 11.1. The summed E-state index contributed by atoms with van der Waals surface area (Å²) >= 11 is 0. The number of benzene rings is 1. The second-order valence-corrected chi connectivity index (χ2v) is 8.70. The molecule has 3 fully saturated rings. The molecule has 28 heavy (non-hydrogen) atoms. The average Bonchev–Trinajstić information content (AvgIpc) is 3.45. The molecule has 4 nitrogen and oxygen atoms in total. The topological polar surface area (TPSA) is 30.9 Å². The maximum absolute atomic E-state index is 5.05. The Balaban J connectivity index is 0.00000225. The van der Waals surface area contributed by atoms with Gasteiger partial charge in [0.15, 0.2) is 5.96 Å². The van der Waals surface area contributed by atoms with Gasteiger partial charge in [0.05, 0.1) is 0 Å². The molecule has 4 rings (SSSR count). The van der Waals surface area contributed by atoms with E-state index in [1.54, 1.807) is 0 Å². The predicted molar refractivity (Wildman–Crippen MR) is 129 cm³/mol. The number of halogens is 1. The zero-order valence-electron chi connectivity index (χ0n) is 17.4. The van der Waals surface area contributed by atoms with Crippen LogP contribution in [0, 0.1) is 11.8 Å².